The number of piperidine rings is 1. The third kappa shape index (κ3) is 3.59. The van der Waals surface area contributed by atoms with Gasteiger partial charge in [0.25, 0.3) is 0 Å². The van der Waals surface area contributed by atoms with Crippen LogP contribution in [-0.4, -0.2) is 31.7 Å². The fourth-order valence-electron chi connectivity index (χ4n) is 2.41. The fraction of sp³-hybridized carbons (Fsp3) is 0.615. The molecule has 6 heteroatoms. The zero-order valence-corrected chi connectivity index (χ0v) is 10.9. The van der Waals surface area contributed by atoms with Gasteiger partial charge in [-0.2, -0.15) is 13.2 Å². The third-order valence-corrected chi connectivity index (χ3v) is 3.46. The zero-order chi connectivity index (χ0) is 13.9. The van der Waals surface area contributed by atoms with Gasteiger partial charge >= 0.3 is 6.18 Å². The molecule has 1 aromatic rings. The highest BCUT2D eigenvalue weighted by molar-refractivity contribution is 5.40. The quantitative estimate of drug-likeness (QED) is 0.917. The van der Waals surface area contributed by atoms with Crippen molar-refractivity contribution in [2.24, 2.45) is 5.92 Å². The van der Waals surface area contributed by atoms with Crippen LogP contribution in [0.25, 0.3) is 0 Å². The molecule has 106 valence electrons. The van der Waals surface area contributed by atoms with E-state index in [0.717, 1.165) is 38.5 Å². The number of anilines is 1. The van der Waals surface area contributed by atoms with E-state index in [1.165, 1.54) is 6.07 Å². The molecule has 1 aliphatic rings. The van der Waals surface area contributed by atoms with Crippen LogP contribution in [0.15, 0.2) is 18.2 Å². The van der Waals surface area contributed by atoms with Crippen molar-refractivity contribution in [2.45, 2.75) is 19.0 Å². The topological polar surface area (TPSA) is 28.2 Å². The lowest BCUT2D eigenvalue weighted by molar-refractivity contribution is -0.141. The lowest BCUT2D eigenvalue weighted by Crippen LogP contribution is -2.37. The summed E-state index contributed by atoms with van der Waals surface area (Å²) < 4.78 is 37.8. The number of pyridine rings is 1. The molecule has 0 amide bonds. The summed E-state index contributed by atoms with van der Waals surface area (Å²) in [5.74, 6) is 1.03. The number of halogens is 3. The summed E-state index contributed by atoms with van der Waals surface area (Å²) in [5.41, 5.74) is -0.817. The van der Waals surface area contributed by atoms with Crippen LogP contribution in [0.5, 0.6) is 0 Å². The van der Waals surface area contributed by atoms with Crippen molar-refractivity contribution in [1.29, 1.82) is 0 Å². The van der Waals surface area contributed by atoms with E-state index >= 15 is 0 Å². The first-order valence-electron chi connectivity index (χ1n) is 6.44. The molecule has 0 saturated carbocycles. The molecule has 0 atom stereocenters. The Morgan fingerprint density at radius 3 is 2.58 bits per heavy atom. The van der Waals surface area contributed by atoms with E-state index in [1.807, 2.05) is 11.9 Å². The molecule has 3 nitrogen and oxygen atoms in total. The Bertz CT molecular complexity index is 412. The van der Waals surface area contributed by atoms with Gasteiger partial charge in [0, 0.05) is 13.1 Å². The summed E-state index contributed by atoms with van der Waals surface area (Å²) in [7, 11) is 1.92. The smallest absolute Gasteiger partial charge is 0.357 e. The molecule has 0 aliphatic carbocycles. The van der Waals surface area contributed by atoms with Crippen LogP contribution in [0.1, 0.15) is 18.5 Å². The number of nitrogens with one attached hydrogen (secondary N) is 1. The first-order chi connectivity index (χ1) is 9.00. The molecule has 1 N–H and O–H groups in total. The van der Waals surface area contributed by atoms with Gasteiger partial charge in [0.05, 0.1) is 0 Å². The predicted octanol–water partition coefficient (Wildman–Crippen LogP) is 2.54. The molecule has 1 saturated heterocycles. The Morgan fingerprint density at radius 1 is 1.32 bits per heavy atom. The first kappa shape index (κ1) is 14.1. The minimum atomic E-state index is -4.37. The van der Waals surface area contributed by atoms with Crippen LogP contribution in [0.4, 0.5) is 19.0 Å². The fourth-order valence-corrected chi connectivity index (χ4v) is 2.41. The van der Waals surface area contributed by atoms with E-state index < -0.39 is 11.9 Å². The maximum atomic E-state index is 12.6. The maximum absolute atomic E-state index is 12.6. The molecule has 2 heterocycles. The lowest BCUT2D eigenvalue weighted by atomic mass is 9.97. The minimum Gasteiger partial charge on any atom is -0.357 e. The minimum absolute atomic E-state index is 0.428. The number of nitrogens with zero attached hydrogens (tertiary/aromatic N) is 2. The highest BCUT2D eigenvalue weighted by Gasteiger charge is 2.33. The Hall–Kier alpha value is -1.30. The third-order valence-electron chi connectivity index (χ3n) is 3.46. The Balaban J connectivity index is 2.03. The van der Waals surface area contributed by atoms with E-state index in [4.69, 9.17) is 0 Å². The number of rotatable bonds is 3. The molecule has 1 aliphatic heterocycles. The summed E-state index contributed by atoms with van der Waals surface area (Å²) >= 11 is 0. The molecule has 1 aromatic heterocycles. The van der Waals surface area contributed by atoms with Gasteiger partial charge in [-0.15, -0.1) is 0 Å². The summed E-state index contributed by atoms with van der Waals surface area (Å²) in [6.45, 7) is 2.49. The Labute approximate surface area is 110 Å². The normalized spacial score (nSPS) is 17.8. The summed E-state index contributed by atoms with van der Waals surface area (Å²) in [4.78, 5) is 5.66. The van der Waals surface area contributed by atoms with Crippen LogP contribution in [0.3, 0.4) is 0 Å². The van der Waals surface area contributed by atoms with E-state index in [0.29, 0.717) is 11.7 Å². The maximum Gasteiger partial charge on any atom is 0.433 e. The molecule has 1 fully saturated rings. The van der Waals surface area contributed by atoms with E-state index in [9.17, 15) is 13.2 Å². The Kier molecular flexibility index (Phi) is 4.29. The van der Waals surface area contributed by atoms with Crippen molar-refractivity contribution in [1.82, 2.24) is 10.3 Å². The van der Waals surface area contributed by atoms with Crippen LogP contribution in [-0.2, 0) is 6.18 Å². The SMILES string of the molecule is CNCC1CCN(c2cccc(C(F)(F)F)n2)CC1. The molecule has 0 radical (unpaired) electrons. The van der Waals surface area contributed by atoms with Crippen molar-refractivity contribution in [2.75, 3.05) is 31.6 Å². The zero-order valence-electron chi connectivity index (χ0n) is 10.9. The number of hydrogen-bond acceptors (Lipinski definition) is 3. The average molecular weight is 273 g/mol. The van der Waals surface area contributed by atoms with Gasteiger partial charge in [0.1, 0.15) is 11.5 Å². The van der Waals surface area contributed by atoms with Crippen molar-refractivity contribution in [3.63, 3.8) is 0 Å². The molecule has 0 spiro atoms. The molecule has 0 aromatic carbocycles. The highest BCUT2D eigenvalue weighted by atomic mass is 19.4. The van der Waals surface area contributed by atoms with Crippen LogP contribution < -0.4 is 10.2 Å². The monoisotopic (exact) mass is 273 g/mol. The molecule has 0 bridgehead atoms. The Morgan fingerprint density at radius 2 is 2.00 bits per heavy atom. The van der Waals surface area contributed by atoms with E-state index in [-0.39, 0.29) is 0 Å². The van der Waals surface area contributed by atoms with Gasteiger partial charge < -0.3 is 10.2 Å². The second-order valence-electron chi connectivity index (χ2n) is 4.87. The summed E-state index contributed by atoms with van der Waals surface area (Å²) in [5, 5.41) is 3.14. The first-order valence-corrected chi connectivity index (χ1v) is 6.44. The van der Waals surface area contributed by atoms with E-state index in [1.54, 1.807) is 6.07 Å². The van der Waals surface area contributed by atoms with Crippen molar-refractivity contribution in [3.05, 3.63) is 23.9 Å². The summed E-state index contributed by atoms with van der Waals surface area (Å²) in [6.07, 6.45) is -2.40. The van der Waals surface area contributed by atoms with Gasteiger partial charge in [0.2, 0.25) is 0 Å². The summed E-state index contributed by atoms with van der Waals surface area (Å²) in [6, 6.07) is 4.08. The standard InChI is InChI=1S/C13H18F3N3/c1-17-9-10-5-7-19(8-6-10)12-4-2-3-11(18-12)13(14,15)16/h2-4,10,17H,5-9H2,1H3. The van der Waals surface area contributed by atoms with Crippen molar-refractivity contribution >= 4 is 5.82 Å². The highest BCUT2D eigenvalue weighted by Crippen LogP contribution is 2.29. The van der Waals surface area contributed by atoms with Gasteiger partial charge in [-0.05, 0) is 44.5 Å². The van der Waals surface area contributed by atoms with Gasteiger partial charge in [-0.25, -0.2) is 4.98 Å². The van der Waals surface area contributed by atoms with Crippen molar-refractivity contribution < 1.29 is 13.2 Å². The predicted molar refractivity (Wildman–Crippen MR) is 68.1 cm³/mol. The molecular weight excluding hydrogens is 255 g/mol. The number of hydrogen-bond donors (Lipinski definition) is 1. The number of aromatic nitrogens is 1. The number of alkyl halides is 3. The molecule has 2 rings (SSSR count). The second-order valence-corrected chi connectivity index (χ2v) is 4.87. The van der Waals surface area contributed by atoms with Gasteiger partial charge in [0.15, 0.2) is 0 Å². The van der Waals surface area contributed by atoms with Crippen LogP contribution in [0, 0.1) is 5.92 Å². The molecular formula is C13H18F3N3. The molecule has 0 unspecified atom stereocenters. The molecule has 19 heavy (non-hydrogen) atoms. The van der Waals surface area contributed by atoms with Crippen LogP contribution in [0.2, 0.25) is 0 Å². The average Bonchev–Trinajstić information content (AvgIpc) is 2.39. The van der Waals surface area contributed by atoms with Gasteiger partial charge in [-0.1, -0.05) is 6.07 Å². The lowest BCUT2D eigenvalue weighted by Gasteiger charge is -2.33. The largest absolute Gasteiger partial charge is 0.433 e. The van der Waals surface area contributed by atoms with Crippen LogP contribution >= 0.6 is 0 Å². The van der Waals surface area contributed by atoms with Crippen molar-refractivity contribution in [3.8, 4) is 0 Å². The second kappa shape index (κ2) is 5.77. The van der Waals surface area contributed by atoms with Gasteiger partial charge in [-0.3, -0.25) is 0 Å². The van der Waals surface area contributed by atoms with E-state index in [2.05, 4.69) is 10.3 Å².